The van der Waals surface area contributed by atoms with E-state index in [1.54, 1.807) is 6.07 Å². The Morgan fingerprint density at radius 1 is 1.10 bits per heavy atom. The number of nitrogens with one attached hydrogen (secondary N) is 1. The molecule has 0 radical (unpaired) electrons. The van der Waals surface area contributed by atoms with Gasteiger partial charge < -0.3 is 16.2 Å². The molecule has 4 N–H and O–H groups in total. The number of phenols is 1. The molecule has 0 aliphatic heterocycles. The minimum Gasteiger partial charge on any atom is -0.506 e. The molecule has 7 heteroatoms. The second-order valence-electron chi connectivity index (χ2n) is 3.94. The Kier molecular flexibility index (Phi) is 4.28. The highest BCUT2D eigenvalue weighted by molar-refractivity contribution is 6.40. The molecular formula is C13H9Cl3N2O2. The van der Waals surface area contributed by atoms with Gasteiger partial charge in [0.2, 0.25) is 0 Å². The highest BCUT2D eigenvalue weighted by Crippen LogP contribution is 2.33. The third-order valence-corrected chi connectivity index (χ3v) is 3.51. The second-order valence-corrected chi connectivity index (χ2v) is 5.16. The Morgan fingerprint density at radius 3 is 2.30 bits per heavy atom. The SMILES string of the molecule is Nc1cc(O)c(NC(=O)c2c(Cl)cccc2Cl)cc1Cl. The van der Waals surface area contributed by atoms with Gasteiger partial charge in [0, 0.05) is 6.07 Å². The summed E-state index contributed by atoms with van der Waals surface area (Å²) < 4.78 is 0. The lowest BCUT2D eigenvalue weighted by molar-refractivity contribution is 0.102. The number of benzene rings is 2. The molecule has 0 saturated carbocycles. The molecule has 4 nitrogen and oxygen atoms in total. The summed E-state index contributed by atoms with van der Waals surface area (Å²) in [5.41, 5.74) is 5.97. The van der Waals surface area contributed by atoms with E-state index in [4.69, 9.17) is 40.5 Å². The molecule has 2 aromatic rings. The van der Waals surface area contributed by atoms with Crippen LogP contribution in [0.25, 0.3) is 0 Å². The molecule has 0 spiro atoms. The van der Waals surface area contributed by atoms with Crippen LogP contribution in [-0.4, -0.2) is 11.0 Å². The zero-order valence-corrected chi connectivity index (χ0v) is 12.2. The molecule has 1 amide bonds. The molecule has 20 heavy (non-hydrogen) atoms. The number of anilines is 2. The number of phenolic OH excluding ortho intramolecular Hbond substituents is 1. The van der Waals surface area contributed by atoms with Gasteiger partial charge in [-0.15, -0.1) is 0 Å². The molecule has 0 aliphatic rings. The van der Waals surface area contributed by atoms with E-state index in [1.165, 1.54) is 24.3 Å². The smallest absolute Gasteiger partial charge is 0.258 e. The zero-order valence-electron chi connectivity index (χ0n) is 9.95. The highest BCUT2D eigenvalue weighted by atomic mass is 35.5. The lowest BCUT2D eigenvalue weighted by Crippen LogP contribution is -2.13. The van der Waals surface area contributed by atoms with Crippen molar-refractivity contribution in [3.05, 3.63) is 51.0 Å². The summed E-state index contributed by atoms with van der Waals surface area (Å²) in [5, 5.41) is 12.8. The Balaban J connectivity index is 2.35. The summed E-state index contributed by atoms with van der Waals surface area (Å²) >= 11 is 17.7. The van der Waals surface area contributed by atoms with Crippen molar-refractivity contribution in [3.63, 3.8) is 0 Å². The van der Waals surface area contributed by atoms with Crippen molar-refractivity contribution in [2.45, 2.75) is 0 Å². The molecule has 0 saturated heterocycles. The largest absolute Gasteiger partial charge is 0.506 e. The van der Waals surface area contributed by atoms with Crippen LogP contribution in [0.4, 0.5) is 11.4 Å². The maximum atomic E-state index is 12.1. The third-order valence-electron chi connectivity index (χ3n) is 2.55. The topological polar surface area (TPSA) is 75.3 Å². The molecule has 0 bridgehead atoms. The van der Waals surface area contributed by atoms with Crippen LogP contribution in [0.15, 0.2) is 30.3 Å². The molecule has 0 fully saturated rings. The van der Waals surface area contributed by atoms with Crippen LogP contribution >= 0.6 is 34.8 Å². The normalized spacial score (nSPS) is 10.3. The third kappa shape index (κ3) is 2.93. The molecular weight excluding hydrogens is 323 g/mol. The minimum absolute atomic E-state index is 0.114. The summed E-state index contributed by atoms with van der Waals surface area (Å²) in [7, 11) is 0. The molecule has 2 rings (SSSR count). The average molecular weight is 332 g/mol. The average Bonchev–Trinajstić information content (AvgIpc) is 2.35. The summed E-state index contributed by atoms with van der Waals surface area (Å²) in [6.07, 6.45) is 0. The Bertz CT molecular complexity index is 669. The lowest BCUT2D eigenvalue weighted by Gasteiger charge is -2.11. The summed E-state index contributed by atoms with van der Waals surface area (Å²) in [5.74, 6) is -0.764. The van der Waals surface area contributed by atoms with Gasteiger partial charge in [0.05, 0.1) is 32.0 Å². The first-order valence-electron chi connectivity index (χ1n) is 5.43. The van der Waals surface area contributed by atoms with Crippen molar-refractivity contribution in [3.8, 4) is 5.75 Å². The van der Waals surface area contributed by atoms with Crippen LogP contribution in [0.5, 0.6) is 5.75 Å². The summed E-state index contributed by atoms with van der Waals surface area (Å²) in [4.78, 5) is 12.1. The van der Waals surface area contributed by atoms with E-state index in [0.717, 1.165) is 0 Å². The first-order chi connectivity index (χ1) is 9.40. The molecule has 0 aromatic heterocycles. The van der Waals surface area contributed by atoms with E-state index in [0.29, 0.717) is 0 Å². The minimum atomic E-state index is -0.559. The Morgan fingerprint density at radius 2 is 1.70 bits per heavy atom. The van der Waals surface area contributed by atoms with Crippen LogP contribution in [0.3, 0.4) is 0 Å². The fourth-order valence-electron chi connectivity index (χ4n) is 1.58. The maximum Gasteiger partial charge on any atom is 0.258 e. The summed E-state index contributed by atoms with van der Waals surface area (Å²) in [6.45, 7) is 0. The number of carbonyl (C=O) groups is 1. The fourth-order valence-corrected chi connectivity index (χ4v) is 2.31. The molecule has 2 aromatic carbocycles. The summed E-state index contributed by atoms with van der Waals surface area (Å²) in [6, 6.07) is 7.29. The van der Waals surface area contributed by atoms with Crippen LogP contribution in [-0.2, 0) is 0 Å². The van der Waals surface area contributed by atoms with Crippen molar-refractivity contribution in [2.24, 2.45) is 0 Å². The number of carbonyl (C=O) groups excluding carboxylic acids is 1. The number of amides is 1. The zero-order chi connectivity index (χ0) is 14.9. The van der Waals surface area contributed by atoms with Crippen molar-refractivity contribution in [2.75, 3.05) is 11.1 Å². The van der Waals surface area contributed by atoms with Gasteiger partial charge in [-0.05, 0) is 18.2 Å². The second kappa shape index (κ2) is 5.79. The molecule has 0 aliphatic carbocycles. The molecule has 0 unspecified atom stereocenters. The van der Waals surface area contributed by atoms with Crippen molar-refractivity contribution in [1.29, 1.82) is 0 Å². The maximum absolute atomic E-state index is 12.1. The predicted octanol–water partition coefficient (Wildman–Crippen LogP) is 4.19. The molecule has 0 atom stereocenters. The van der Waals surface area contributed by atoms with E-state index in [2.05, 4.69) is 5.32 Å². The first-order valence-corrected chi connectivity index (χ1v) is 6.57. The van der Waals surface area contributed by atoms with Gasteiger partial charge in [-0.25, -0.2) is 0 Å². The number of hydrogen-bond acceptors (Lipinski definition) is 3. The van der Waals surface area contributed by atoms with Crippen LogP contribution in [0, 0.1) is 0 Å². The number of aromatic hydroxyl groups is 1. The first kappa shape index (κ1) is 14.8. The van der Waals surface area contributed by atoms with Gasteiger partial charge in [-0.1, -0.05) is 40.9 Å². The number of halogens is 3. The van der Waals surface area contributed by atoms with E-state index in [9.17, 15) is 9.90 Å². The quantitative estimate of drug-likeness (QED) is 0.570. The number of hydrogen-bond donors (Lipinski definition) is 3. The molecule has 0 heterocycles. The monoisotopic (exact) mass is 330 g/mol. The standard InChI is InChI=1S/C13H9Cl3N2O2/c14-6-2-1-3-7(15)12(6)13(20)18-10-4-8(16)9(17)5-11(10)19/h1-5,19H,17H2,(H,18,20). The van der Waals surface area contributed by atoms with Crippen LogP contribution < -0.4 is 11.1 Å². The lowest BCUT2D eigenvalue weighted by atomic mass is 10.2. The van der Waals surface area contributed by atoms with E-state index >= 15 is 0 Å². The Hall–Kier alpha value is -1.62. The number of nitrogens with two attached hydrogens (primary N) is 1. The van der Waals surface area contributed by atoms with E-state index in [1.807, 2.05) is 0 Å². The van der Waals surface area contributed by atoms with Gasteiger partial charge >= 0.3 is 0 Å². The van der Waals surface area contributed by atoms with Crippen LogP contribution in [0.1, 0.15) is 10.4 Å². The van der Waals surface area contributed by atoms with Gasteiger partial charge in [0.25, 0.3) is 5.91 Å². The van der Waals surface area contributed by atoms with Crippen molar-refractivity contribution < 1.29 is 9.90 Å². The highest BCUT2D eigenvalue weighted by Gasteiger charge is 2.16. The van der Waals surface area contributed by atoms with Crippen molar-refractivity contribution >= 4 is 52.1 Å². The predicted molar refractivity (Wildman–Crippen MR) is 81.9 cm³/mol. The number of rotatable bonds is 2. The van der Waals surface area contributed by atoms with Crippen molar-refractivity contribution in [1.82, 2.24) is 0 Å². The Labute approximate surface area is 130 Å². The van der Waals surface area contributed by atoms with E-state index < -0.39 is 5.91 Å². The van der Waals surface area contributed by atoms with Gasteiger partial charge in [0.15, 0.2) is 0 Å². The van der Waals surface area contributed by atoms with Gasteiger partial charge in [-0.2, -0.15) is 0 Å². The van der Waals surface area contributed by atoms with Gasteiger partial charge in [-0.3, -0.25) is 4.79 Å². The number of nitrogen functional groups attached to an aromatic ring is 1. The fraction of sp³-hybridized carbons (Fsp3) is 0. The van der Waals surface area contributed by atoms with E-state index in [-0.39, 0.29) is 37.8 Å². The molecule has 104 valence electrons. The van der Waals surface area contributed by atoms with Gasteiger partial charge in [0.1, 0.15) is 5.75 Å². The van der Waals surface area contributed by atoms with Crippen LogP contribution in [0.2, 0.25) is 15.1 Å².